The number of hydrogen-bond acceptors (Lipinski definition) is 1. The third-order valence-electron chi connectivity index (χ3n) is 2.48. The van der Waals surface area contributed by atoms with Crippen molar-refractivity contribution in [1.29, 1.82) is 5.26 Å². The fourth-order valence-electron chi connectivity index (χ4n) is 1.49. The predicted octanol–water partition coefficient (Wildman–Crippen LogP) is 5.94. The molecule has 1 rings (SSSR count). The third-order valence-corrected chi connectivity index (χ3v) is 2.91. The quantitative estimate of drug-likeness (QED) is 0.496. The SMILES string of the molecule is C\C=C/C=C(/C=C(\C#N)c1ccc(Cl)cc1F)C(\F)=C\Cl. The van der Waals surface area contributed by atoms with Gasteiger partial charge >= 0.3 is 0 Å². The van der Waals surface area contributed by atoms with Crippen LogP contribution in [0.4, 0.5) is 8.78 Å². The van der Waals surface area contributed by atoms with Gasteiger partial charge in [-0.1, -0.05) is 41.4 Å². The van der Waals surface area contributed by atoms with Crippen molar-refractivity contribution in [3.05, 3.63) is 75.8 Å². The van der Waals surface area contributed by atoms with Gasteiger partial charge in [-0.2, -0.15) is 5.26 Å². The first-order chi connectivity index (χ1) is 10.0. The van der Waals surface area contributed by atoms with E-state index in [0.29, 0.717) is 0 Å². The first kappa shape index (κ1) is 17.2. The van der Waals surface area contributed by atoms with Gasteiger partial charge in [-0.15, -0.1) is 0 Å². The highest BCUT2D eigenvalue weighted by molar-refractivity contribution is 6.30. The Balaban J connectivity index is 3.39. The second kappa shape index (κ2) is 8.41. The Bertz CT molecular complexity index is 680. The molecule has 0 atom stereocenters. The third kappa shape index (κ3) is 4.86. The van der Waals surface area contributed by atoms with Crippen LogP contribution in [0.1, 0.15) is 12.5 Å². The molecule has 0 heterocycles. The number of allylic oxidation sites excluding steroid dienone is 7. The molecule has 0 unspecified atom stereocenters. The zero-order valence-corrected chi connectivity index (χ0v) is 12.6. The van der Waals surface area contributed by atoms with Crippen LogP contribution in [0.3, 0.4) is 0 Å². The van der Waals surface area contributed by atoms with Gasteiger partial charge in [0.1, 0.15) is 11.6 Å². The molecule has 1 aromatic carbocycles. The van der Waals surface area contributed by atoms with Crippen LogP contribution >= 0.6 is 23.2 Å². The lowest BCUT2D eigenvalue weighted by atomic mass is 10.0. The van der Waals surface area contributed by atoms with Gasteiger partial charge in [0.15, 0.2) is 0 Å². The summed E-state index contributed by atoms with van der Waals surface area (Å²) in [7, 11) is 0. The average Bonchev–Trinajstić information content (AvgIpc) is 2.47. The minimum Gasteiger partial charge on any atom is -0.206 e. The molecule has 0 amide bonds. The van der Waals surface area contributed by atoms with Crippen molar-refractivity contribution >= 4 is 28.8 Å². The molecule has 0 saturated heterocycles. The highest BCUT2D eigenvalue weighted by atomic mass is 35.5. The lowest BCUT2D eigenvalue weighted by Gasteiger charge is -2.03. The largest absolute Gasteiger partial charge is 0.206 e. The van der Waals surface area contributed by atoms with Crippen molar-refractivity contribution in [2.45, 2.75) is 6.92 Å². The highest BCUT2D eigenvalue weighted by Crippen LogP contribution is 2.25. The molecule has 0 aliphatic heterocycles. The first-order valence-corrected chi connectivity index (χ1v) is 6.71. The Hall–Kier alpha value is -1.89. The number of nitriles is 1. The van der Waals surface area contributed by atoms with Crippen molar-refractivity contribution in [2.75, 3.05) is 0 Å². The van der Waals surface area contributed by atoms with Crippen molar-refractivity contribution in [1.82, 2.24) is 0 Å². The van der Waals surface area contributed by atoms with Gasteiger partial charge in [0.2, 0.25) is 0 Å². The monoisotopic (exact) mass is 325 g/mol. The molecule has 0 radical (unpaired) electrons. The molecule has 0 fully saturated rings. The number of hydrogen-bond donors (Lipinski definition) is 0. The fraction of sp³-hybridized carbons (Fsp3) is 0.0625. The van der Waals surface area contributed by atoms with Gasteiger partial charge in [-0.25, -0.2) is 8.78 Å². The Labute approximate surface area is 132 Å². The van der Waals surface area contributed by atoms with E-state index >= 15 is 0 Å². The molecule has 0 N–H and O–H groups in total. The summed E-state index contributed by atoms with van der Waals surface area (Å²) in [5.74, 6) is -1.38. The summed E-state index contributed by atoms with van der Waals surface area (Å²) in [5, 5.41) is 9.38. The summed E-state index contributed by atoms with van der Waals surface area (Å²) in [6.45, 7) is 1.75. The molecule has 0 aromatic heterocycles. The van der Waals surface area contributed by atoms with Crippen LogP contribution in [-0.4, -0.2) is 0 Å². The van der Waals surface area contributed by atoms with E-state index in [1.807, 2.05) is 6.07 Å². The van der Waals surface area contributed by atoms with Gasteiger partial charge in [0.25, 0.3) is 0 Å². The van der Waals surface area contributed by atoms with Crippen molar-refractivity contribution in [2.24, 2.45) is 0 Å². The lowest BCUT2D eigenvalue weighted by molar-refractivity contribution is 0.624. The zero-order valence-electron chi connectivity index (χ0n) is 11.1. The van der Waals surface area contributed by atoms with Gasteiger partial charge < -0.3 is 0 Å². The number of benzene rings is 1. The summed E-state index contributed by atoms with van der Waals surface area (Å²) < 4.78 is 27.5. The average molecular weight is 326 g/mol. The van der Waals surface area contributed by atoms with Gasteiger partial charge in [0.05, 0.1) is 11.6 Å². The normalized spacial score (nSPS) is 13.6. The van der Waals surface area contributed by atoms with Crippen LogP contribution in [-0.2, 0) is 0 Å². The standard InChI is InChI=1S/C16H11Cl2F2N/c1-2-3-4-11(16(20)9-17)7-12(10-21)14-6-5-13(18)8-15(14)19/h2-9H,1H3/b3-2-,11-4-,12-7+,16-9-. The van der Waals surface area contributed by atoms with E-state index in [1.165, 1.54) is 24.3 Å². The van der Waals surface area contributed by atoms with Crippen LogP contribution in [0.2, 0.25) is 5.02 Å². The maximum Gasteiger partial charge on any atom is 0.141 e. The Morgan fingerprint density at radius 2 is 2.10 bits per heavy atom. The van der Waals surface area contributed by atoms with Crippen LogP contribution in [0.15, 0.2) is 59.4 Å². The Kier molecular flexibility index (Phi) is 6.87. The van der Waals surface area contributed by atoms with Crippen molar-refractivity contribution in [3.8, 4) is 6.07 Å². The number of halogens is 4. The van der Waals surface area contributed by atoms with Crippen LogP contribution in [0, 0.1) is 17.1 Å². The smallest absolute Gasteiger partial charge is 0.141 e. The highest BCUT2D eigenvalue weighted by Gasteiger charge is 2.10. The predicted molar refractivity (Wildman–Crippen MR) is 82.9 cm³/mol. The molecule has 0 bridgehead atoms. The molecular formula is C16H11Cl2F2N. The summed E-state index contributed by atoms with van der Waals surface area (Å²) in [6, 6.07) is 5.75. The molecule has 0 spiro atoms. The van der Waals surface area contributed by atoms with E-state index in [1.54, 1.807) is 19.1 Å². The summed E-state index contributed by atoms with van der Waals surface area (Å²) in [6.07, 6.45) is 5.92. The zero-order chi connectivity index (χ0) is 15.8. The fourth-order valence-corrected chi connectivity index (χ4v) is 1.78. The number of rotatable bonds is 4. The molecule has 1 aromatic rings. The van der Waals surface area contributed by atoms with Crippen LogP contribution < -0.4 is 0 Å². The molecular weight excluding hydrogens is 315 g/mol. The van der Waals surface area contributed by atoms with E-state index in [2.05, 4.69) is 0 Å². The van der Waals surface area contributed by atoms with Gasteiger partial charge in [0, 0.05) is 21.7 Å². The topological polar surface area (TPSA) is 23.8 Å². The molecule has 5 heteroatoms. The van der Waals surface area contributed by atoms with E-state index in [0.717, 1.165) is 11.6 Å². The number of nitrogens with zero attached hydrogens (tertiary/aromatic N) is 1. The summed E-state index contributed by atoms with van der Waals surface area (Å²) >= 11 is 11.0. The lowest BCUT2D eigenvalue weighted by Crippen LogP contribution is -1.90. The summed E-state index contributed by atoms with van der Waals surface area (Å²) in [4.78, 5) is 0. The summed E-state index contributed by atoms with van der Waals surface area (Å²) in [5.41, 5.74) is 0.817. The van der Waals surface area contributed by atoms with E-state index in [4.69, 9.17) is 28.5 Å². The van der Waals surface area contributed by atoms with Gasteiger partial charge in [-0.05, 0) is 31.2 Å². The minimum atomic E-state index is -0.725. The maximum atomic E-state index is 13.8. The first-order valence-electron chi connectivity index (χ1n) is 5.90. The van der Waals surface area contributed by atoms with Gasteiger partial charge in [-0.3, -0.25) is 0 Å². The second-order valence-corrected chi connectivity index (χ2v) is 4.55. The Morgan fingerprint density at radius 1 is 1.38 bits per heavy atom. The maximum absolute atomic E-state index is 13.8. The molecule has 1 nitrogen and oxygen atoms in total. The van der Waals surface area contributed by atoms with Crippen LogP contribution in [0.25, 0.3) is 5.57 Å². The minimum absolute atomic E-state index is 0.0337. The second-order valence-electron chi connectivity index (χ2n) is 3.90. The van der Waals surface area contributed by atoms with Crippen molar-refractivity contribution < 1.29 is 8.78 Å². The molecule has 108 valence electrons. The molecule has 0 aliphatic carbocycles. The molecule has 0 aliphatic rings. The van der Waals surface area contributed by atoms with E-state index in [-0.39, 0.29) is 21.7 Å². The van der Waals surface area contributed by atoms with Crippen LogP contribution in [0.5, 0.6) is 0 Å². The van der Waals surface area contributed by atoms with E-state index < -0.39 is 11.6 Å². The molecule has 21 heavy (non-hydrogen) atoms. The Morgan fingerprint density at radius 3 is 2.62 bits per heavy atom. The molecule has 0 saturated carbocycles. The van der Waals surface area contributed by atoms with Crippen molar-refractivity contribution in [3.63, 3.8) is 0 Å². The van der Waals surface area contributed by atoms with E-state index in [9.17, 15) is 8.78 Å².